The molecular weight excluding hydrogens is 513 g/mol. The fourth-order valence-corrected chi connectivity index (χ4v) is 33.1. The summed E-state index contributed by atoms with van der Waals surface area (Å²) in [5.41, 5.74) is 0. The summed E-state index contributed by atoms with van der Waals surface area (Å²) < 4.78 is 0. The van der Waals surface area contributed by atoms with E-state index in [2.05, 4.69) is 0 Å². The Balaban J connectivity index is 5.76. The Labute approximate surface area is 143 Å². The molecule has 16 heteroatoms. The van der Waals surface area contributed by atoms with E-state index >= 15 is 0 Å². The van der Waals surface area contributed by atoms with E-state index in [4.69, 9.17) is 33.6 Å². The Bertz CT molecular complexity index is 804. The van der Waals surface area contributed by atoms with Gasteiger partial charge in [-0.05, 0) is 0 Å². The van der Waals surface area contributed by atoms with Crippen molar-refractivity contribution in [3.63, 3.8) is 0 Å². The van der Waals surface area contributed by atoms with Crippen LogP contribution in [0.2, 0.25) is 0 Å². The molecule has 0 heterocycles. The van der Waals surface area contributed by atoms with Gasteiger partial charge in [-0.15, -0.1) is 0 Å². The smallest absolute Gasteiger partial charge is 0 e. The highest BCUT2D eigenvalue weighted by Gasteiger charge is 1.42. The molecule has 0 N–H and O–H groups in total. The summed E-state index contributed by atoms with van der Waals surface area (Å²) in [6, 6.07) is 0. The van der Waals surface area contributed by atoms with Crippen LogP contribution in [0.1, 0.15) is 0 Å². The standard InChI is InChI=1S/S16/c1-4-5-6-7-8-9-10-11-12-13-14-15-16(2)3. The molecule has 16 heavy (non-hydrogen) atoms. The Morgan fingerprint density at radius 1 is 0.562 bits per heavy atom. The van der Waals surface area contributed by atoms with Gasteiger partial charge in [0.2, 0.25) is 0 Å². The largest absolute Gasteiger partial charge is 0 e. The van der Waals surface area contributed by atoms with Crippen molar-refractivity contribution in [2.45, 2.75) is 0 Å². The highest BCUT2D eigenvalue weighted by Crippen LogP contribution is 1.41. The van der Waals surface area contributed by atoms with Crippen molar-refractivity contribution in [2.75, 3.05) is 0 Å². The third-order valence-corrected chi connectivity index (χ3v) is 29.2. The lowest BCUT2D eigenvalue weighted by molar-refractivity contribution is 5.96. The molecule has 0 saturated heterocycles. The molecule has 0 aliphatic rings. The first-order valence-corrected chi connectivity index (χ1v) is 22.5. The maximum absolute atomic E-state index is 4.88. The predicted molar refractivity (Wildman–Crippen MR) is 118 cm³/mol. The van der Waals surface area contributed by atoms with Crippen LogP contribution < -0.4 is 0 Å². The summed E-state index contributed by atoms with van der Waals surface area (Å²) in [5.74, 6) is 0. The van der Waals surface area contributed by atoms with Crippen LogP contribution in [-0.2, 0) is 147 Å². The summed E-state index contributed by atoms with van der Waals surface area (Å²) in [4.78, 5) is 0. The molecule has 96 valence electrons. The van der Waals surface area contributed by atoms with E-state index in [9.17, 15) is 0 Å². The van der Waals surface area contributed by atoms with Crippen LogP contribution >= 0.6 is 0 Å². The van der Waals surface area contributed by atoms with Gasteiger partial charge in [0.05, 0.1) is 0 Å². The lowest BCUT2D eigenvalue weighted by Crippen LogP contribution is -1.41. The molecule has 0 aromatic rings. The maximum atomic E-state index is 4.88. The first-order chi connectivity index (χ1) is 7.77. The first kappa shape index (κ1) is 19.5. The quantitative estimate of drug-likeness (QED) is 0.447. The summed E-state index contributed by atoms with van der Waals surface area (Å²) in [5, 5.41) is 0. The topological polar surface area (TPSA) is 0 Å². The summed E-state index contributed by atoms with van der Waals surface area (Å²) in [7, 11) is 20.1. The molecule has 0 amide bonds. The van der Waals surface area contributed by atoms with Crippen molar-refractivity contribution in [1.82, 2.24) is 0 Å². The average molecular weight is 513 g/mol. The van der Waals surface area contributed by atoms with Gasteiger partial charge in [-0.25, -0.2) is 0 Å². The van der Waals surface area contributed by atoms with Crippen LogP contribution in [0.4, 0.5) is 0 Å². The van der Waals surface area contributed by atoms with Gasteiger partial charge in [0.15, 0.2) is 0 Å². The van der Waals surface area contributed by atoms with Crippen LogP contribution in [0.25, 0.3) is 0 Å². The van der Waals surface area contributed by atoms with Gasteiger partial charge in [-0.2, -0.15) is 0 Å². The van der Waals surface area contributed by atoms with Gasteiger partial charge in [0.25, 0.3) is 0 Å². The SMILES string of the molecule is S=S=S=S=S=S=S=S=S=S=S=S=S=S(=S)=S. The maximum Gasteiger partial charge on any atom is 0 e. The highest BCUT2D eigenvalue weighted by atomic mass is 33.5. The molecule has 0 radical (unpaired) electrons. The Morgan fingerprint density at radius 3 is 1.31 bits per heavy atom. The Kier molecular flexibility index (Phi) is 20.2. The zero-order valence-electron chi connectivity index (χ0n) is 6.53. The van der Waals surface area contributed by atoms with Gasteiger partial charge < -0.3 is 0 Å². The second kappa shape index (κ2) is 16.6. The molecule has 0 spiro atoms. The summed E-state index contributed by atoms with van der Waals surface area (Å²) >= 11 is 14.5. The lowest BCUT2D eigenvalue weighted by atomic mass is 30.7. The monoisotopic (exact) mass is 512 g/mol. The van der Waals surface area contributed by atoms with E-state index in [1.807, 2.05) is 0 Å². The minimum Gasteiger partial charge on any atom is 0 e. The molecule has 0 aliphatic heterocycles. The van der Waals surface area contributed by atoms with E-state index in [-0.39, 0.29) is 6.57 Å². The highest BCUT2D eigenvalue weighted by molar-refractivity contribution is 8.78. The molecule has 0 aromatic heterocycles. The van der Waals surface area contributed by atoms with Crippen molar-refractivity contribution in [2.24, 2.45) is 0 Å². The van der Waals surface area contributed by atoms with Gasteiger partial charge >= 0.3 is 0 Å². The minimum absolute atomic E-state index is 0.361. The van der Waals surface area contributed by atoms with Gasteiger partial charge in [-0.3, -0.25) is 0 Å². The number of hydrogen-bond donors (Lipinski definition) is 0. The van der Waals surface area contributed by atoms with Crippen LogP contribution in [0.5, 0.6) is 0 Å². The molecular formula is S16. The fourth-order valence-electron chi connectivity index (χ4n) is 0.136. The van der Waals surface area contributed by atoms with Crippen molar-refractivity contribution in [1.29, 1.82) is 0 Å². The summed E-state index contributed by atoms with van der Waals surface area (Å²) in [6.45, 7) is -0.361. The normalized spacial score (nSPS) is 7.50. The molecule has 0 saturated carbocycles. The third-order valence-electron chi connectivity index (χ3n) is 0.361. The van der Waals surface area contributed by atoms with E-state index in [0.29, 0.717) is 0 Å². The van der Waals surface area contributed by atoms with Gasteiger partial charge in [0, 0.05) is 147 Å². The van der Waals surface area contributed by atoms with Crippen molar-refractivity contribution < 1.29 is 0 Å². The number of rotatable bonds is 0. The average Bonchev–Trinajstić information content (AvgIpc) is 2.25. The zero-order chi connectivity index (χ0) is 12.1. The second-order valence-electron chi connectivity index (χ2n) is 1.02. The Morgan fingerprint density at radius 2 is 0.938 bits per heavy atom. The second-order valence-corrected chi connectivity index (χ2v) is 27.6. The van der Waals surface area contributed by atoms with E-state index in [0.717, 1.165) is 0 Å². The van der Waals surface area contributed by atoms with E-state index in [1.165, 1.54) is 8.88 Å². The van der Waals surface area contributed by atoms with Crippen LogP contribution in [0.15, 0.2) is 0 Å². The molecule has 0 bridgehead atoms. The predicted octanol–water partition coefficient (Wildman–Crippen LogP) is -0.0384. The molecule has 0 unspecified atom stereocenters. The molecule has 0 aliphatic carbocycles. The van der Waals surface area contributed by atoms with E-state index < -0.39 is 0 Å². The van der Waals surface area contributed by atoms with Crippen LogP contribution in [-0.4, -0.2) is 0 Å². The molecule has 0 rings (SSSR count). The van der Waals surface area contributed by atoms with Crippen LogP contribution in [0.3, 0.4) is 0 Å². The fraction of sp³-hybridized carbons (Fsp3) is 0. The van der Waals surface area contributed by atoms with Gasteiger partial charge in [-0.1, -0.05) is 0 Å². The lowest BCUT2D eigenvalue weighted by Gasteiger charge is -1.41. The molecule has 0 fully saturated rings. The first-order valence-electron chi connectivity index (χ1n) is 2.50. The molecule has 0 aromatic carbocycles. The van der Waals surface area contributed by atoms with Crippen LogP contribution in [0, 0.1) is 0 Å². The van der Waals surface area contributed by atoms with Crippen molar-refractivity contribution >= 4 is 147 Å². The molecule has 0 atom stereocenters. The van der Waals surface area contributed by atoms with Gasteiger partial charge in [0.1, 0.15) is 0 Å². The van der Waals surface area contributed by atoms with Crippen molar-refractivity contribution in [3.05, 3.63) is 0 Å². The summed E-state index contributed by atoms with van der Waals surface area (Å²) in [6.07, 6.45) is 0. The third kappa shape index (κ3) is 17.5. The minimum atomic E-state index is -0.361. The molecule has 0 nitrogen and oxygen atoms in total. The zero-order valence-corrected chi connectivity index (χ0v) is 19.6. The Hall–Kier alpha value is 3.52. The number of hydrogen-bond acceptors (Lipinski definition) is 3. The van der Waals surface area contributed by atoms with Crippen molar-refractivity contribution in [3.8, 4) is 0 Å². The van der Waals surface area contributed by atoms with E-state index in [1.54, 1.807) is 97.7 Å².